The smallest absolute Gasteiger partial charge is 0.0639 e. The number of terminal acetylenes is 1. The van der Waals surface area contributed by atoms with E-state index in [2.05, 4.69) is 77.5 Å². The summed E-state index contributed by atoms with van der Waals surface area (Å²) in [5.74, 6) is 2.98. The van der Waals surface area contributed by atoms with Crippen molar-refractivity contribution in [2.24, 2.45) is 4.99 Å². The fourth-order valence-electron chi connectivity index (χ4n) is 7.10. The molecule has 38 heavy (non-hydrogen) atoms. The summed E-state index contributed by atoms with van der Waals surface area (Å²) in [6.07, 6.45) is 18.6. The van der Waals surface area contributed by atoms with Gasteiger partial charge in [0.1, 0.15) is 0 Å². The zero-order valence-electron chi connectivity index (χ0n) is 24.4. The maximum Gasteiger partial charge on any atom is 0.0639 e. The predicted molar refractivity (Wildman–Crippen MR) is 162 cm³/mol. The third-order valence-electron chi connectivity index (χ3n) is 9.19. The Morgan fingerprint density at radius 2 is 1.39 bits per heavy atom. The Balaban J connectivity index is 1.51. The third kappa shape index (κ3) is 8.65. The molecular weight excluding hydrogens is 466 g/mol. The number of fused-ring (bicyclic) bond motifs is 2. The molecule has 6 unspecified atom stereocenters. The highest BCUT2D eigenvalue weighted by atomic mass is 15.2. The minimum Gasteiger partial charge on any atom is -0.310 e. The van der Waals surface area contributed by atoms with E-state index in [-0.39, 0.29) is 0 Å². The number of hydrogen-bond acceptors (Lipinski definition) is 5. The molecule has 5 nitrogen and oxygen atoms in total. The zero-order valence-corrected chi connectivity index (χ0v) is 24.4. The minimum absolute atomic E-state index is 0.493. The van der Waals surface area contributed by atoms with Crippen molar-refractivity contribution >= 4 is 5.71 Å². The van der Waals surface area contributed by atoms with Crippen molar-refractivity contribution in [1.29, 1.82) is 0 Å². The van der Waals surface area contributed by atoms with Gasteiger partial charge in [-0.15, -0.1) is 6.42 Å². The molecule has 2 aliphatic carbocycles. The molecule has 1 aliphatic heterocycles. The Morgan fingerprint density at radius 1 is 0.842 bits per heavy atom. The first kappa shape index (κ1) is 29.3. The lowest BCUT2D eigenvalue weighted by Gasteiger charge is -2.44. The summed E-state index contributed by atoms with van der Waals surface area (Å²) in [6, 6.07) is 13.9. The fraction of sp³-hybridized carbons (Fsp3) is 0.727. The van der Waals surface area contributed by atoms with Crippen LogP contribution in [0.5, 0.6) is 0 Å². The van der Waals surface area contributed by atoms with Crippen LogP contribution in [0.15, 0.2) is 35.3 Å². The van der Waals surface area contributed by atoms with Gasteiger partial charge < -0.3 is 10.6 Å². The lowest BCUT2D eigenvalue weighted by molar-refractivity contribution is 0.101. The first-order chi connectivity index (χ1) is 18.5. The van der Waals surface area contributed by atoms with E-state index < -0.39 is 0 Å². The lowest BCUT2D eigenvalue weighted by Crippen LogP contribution is -2.58. The minimum atomic E-state index is 0.493. The molecule has 1 heterocycles. The normalized spacial score (nSPS) is 32.9. The highest BCUT2D eigenvalue weighted by Gasteiger charge is 2.34. The van der Waals surface area contributed by atoms with E-state index in [1.54, 1.807) is 0 Å². The Morgan fingerprint density at radius 3 is 2.00 bits per heavy atom. The molecule has 0 radical (unpaired) electrons. The van der Waals surface area contributed by atoms with E-state index in [9.17, 15) is 0 Å². The van der Waals surface area contributed by atoms with Crippen molar-refractivity contribution < 1.29 is 0 Å². The highest BCUT2D eigenvalue weighted by molar-refractivity contribution is 5.83. The molecule has 210 valence electrons. The first-order valence-corrected chi connectivity index (χ1v) is 15.5. The SMILES string of the molecule is C#CCN1CCC(C)NC2CCCCC2N(CC(C)=NCc2ccccc2)CCC(C)NC2CCCCC21. The van der Waals surface area contributed by atoms with Crippen molar-refractivity contribution in [3.05, 3.63) is 35.9 Å². The van der Waals surface area contributed by atoms with Crippen molar-refractivity contribution in [3.63, 3.8) is 0 Å². The fourth-order valence-corrected chi connectivity index (χ4v) is 7.10. The maximum atomic E-state index is 5.86. The van der Waals surface area contributed by atoms with Crippen LogP contribution in [0.3, 0.4) is 0 Å². The largest absolute Gasteiger partial charge is 0.310 e. The first-order valence-electron chi connectivity index (χ1n) is 15.5. The second-order valence-corrected chi connectivity index (χ2v) is 12.3. The van der Waals surface area contributed by atoms with Gasteiger partial charge in [0.2, 0.25) is 0 Å². The van der Waals surface area contributed by atoms with Gasteiger partial charge in [-0.2, -0.15) is 0 Å². The van der Waals surface area contributed by atoms with Crippen LogP contribution in [0, 0.1) is 12.3 Å². The molecule has 5 heteroatoms. The predicted octanol–water partition coefficient (Wildman–Crippen LogP) is 5.26. The van der Waals surface area contributed by atoms with Crippen LogP contribution in [0.1, 0.15) is 90.5 Å². The number of nitrogens with one attached hydrogen (secondary N) is 2. The van der Waals surface area contributed by atoms with Crippen LogP contribution in [-0.4, -0.2) is 77.9 Å². The molecule has 1 aromatic carbocycles. The van der Waals surface area contributed by atoms with E-state index in [0.717, 1.165) is 39.1 Å². The Hall–Kier alpha value is -1.71. The van der Waals surface area contributed by atoms with E-state index in [1.165, 1.54) is 69.1 Å². The van der Waals surface area contributed by atoms with Crippen molar-refractivity contribution in [3.8, 4) is 12.3 Å². The topological polar surface area (TPSA) is 42.9 Å². The van der Waals surface area contributed by atoms with Gasteiger partial charge in [-0.1, -0.05) is 61.9 Å². The van der Waals surface area contributed by atoms with Crippen LogP contribution in [0.4, 0.5) is 0 Å². The van der Waals surface area contributed by atoms with Crippen molar-refractivity contribution in [1.82, 2.24) is 20.4 Å². The molecule has 3 aliphatic rings. The van der Waals surface area contributed by atoms with Crippen LogP contribution >= 0.6 is 0 Å². The van der Waals surface area contributed by atoms with E-state index in [4.69, 9.17) is 11.4 Å². The number of rotatable bonds is 5. The van der Waals surface area contributed by atoms with Gasteiger partial charge in [-0.3, -0.25) is 14.8 Å². The molecule has 2 saturated carbocycles. The molecule has 6 atom stereocenters. The summed E-state index contributed by atoms with van der Waals surface area (Å²) in [4.78, 5) is 10.4. The van der Waals surface area contributed by atoms with E-state index in [1.807, 2.05) is 0 Å². The number of aliphatic imine (C=N–C) groups is 1. The van der Waals surface area contributed by atoms with Crippen molar-refractivity contribution in [2.75, 3.05) is 26.2 Å². The molecule has 1 aromatic rings. The molecular formula is C33H53N5. The molecule has 3 fully saturated rings. The summed E-state index contributed by atoms with van der Waals surface area (Å²) in [5, 5.41) is 8.19. The van der Waals surface area contributed by atoms with Gasteiger partial charge in [0, 0.05) is 61.6 Å². The van der Waals surface area contributed by atoms with Crippen LogP contribution in [-0.2, 0) is 6.54 Å². The average Bonchev–Trinajstić information content (AvgIpc) is 2.93. The monoisotopic (exact) mass is 519 g/mol. The Bertz CT molecular complexity index is 892. The number of benzene rings is 1. The molecule has 2 N–H and O–H groups in total. The van der Waals surface area contributed by atoms with Crippen LogP contribution < -0.4 is 10.6 Å². The van der Waals surface area contributed by atoms with Crippen LogP contribution in [0.25, 0.3) is 0 Å². The Labute approximate surface area is 233 Å². The summed E-state index contributed by atoms with van der Waals surface area (Å²) in [5.41, 5.74) is 2.54. The quantitative estimate of drug-likeness (QED) is 0.412. The van der Waals surface area contributed by atoms with Gasteiger partial charge >= 0.3 is 0 Å². The summed E-state index contributed by atoms with van der Waals surface area (Å²) in [6.45, 7) is 11.7. The Kier molecular flexibility index (Phi) is 11.7. The van der Waals surface area contributed by atoms with Gasteiger partial charge in [-0.05, 0) is 64.9 Å². The lowest BCUT2D eigenvalue weighted by atomic mass is 9.87. The van der Waals surface area contributed by atoms with E-state index >= 15 is 0 Å². The molecule has 0 amide bonds. The molecule has 1 saturated heterocycles. The molecule has 0 spiro atoms. The summed E-state index contributed by atoms with van der Waals surface area (Å²) >= 11 is 0. The van der Waals surface area contributed by atoms with Gasteiger partial charge in [0.05, 0.1) is 13.1 Å². The third-order valence-corrected chi connectivity index (χ3v) is 9.19. The molecule has 0 aromatic heterocycles. The van der Waals surface area contributed by atoms with Crippen molar-refractivity contribution in [2.45, 2.75) is 128 Å². The maximum absolute atomic E-state index is 5.86. The summed E-state index contributed by atoms with van der Waals surface area (Å²) in [7, 11) is 0. The summed E-state index contributed by atoms with van der Waals surface area (Å²) < 4.78 is 0. The van der Waals surface area contributed by atoms with Crippen LogP contribution in [0.2, 0.25) is 0 Å². The second kappa shape index (κ2) is 15.2. The van der Waals surface area contributed by atoms with Gasteiger partial charge in [0.25, 0.3) is 0 Å². The molecule has 0 bridgehead atoms. The molecule has 4 rings (SSSR count). The number of hydrogen-bond donors (Lipinski definition) is 2. The van der Waals surface area contributed by atoms with E-state index in [0.29, 0.717) is 36.3 Å². The average molecular weight is 520 g/mol. The van der Waals surface area contributed by atoms with Gasteiger partial charge in [-0.25, -0.2) is 0 Å². The highest BCUT2D eigenvalue weighted by Crippen LogP contribution is 2.27. The zero-order chi connectivity index (χ0) is 26.7. The number of nitrogens with zero attached hydrogens (tertiary/aromatic N) is 3. The standard InChI is InChI=1S/C33H53N5/c1-5-21-37-22-19-26(2)36-31-16-10-12-18-33(31)38(25-28(4)34-24-29-13-7-6-8-14-29)23-20-27(3)35-30-15-9-11-17-32(30)37/h1,6-8,13-14,26-27,30-33,35-36H,9-12,15-25H2,2-4H3. The second-order valence-electron chi connectivity index (χ2n) is 12.3. The van der Waals surface area contributed by atoms with Gasteiger partial charge in [0.15, 0.2) is 0 Å².